The fourth-order valence-electron chi connectivity index (χ4n) is 4.32. The summed E-state index contributed by atoms with van der Waals surface area (Å²) in [6.45, 7) is 8.11. The average Bonchev–Trinajstić information content (AvgIpc) is 3.47. The molecule has 240 valence electrons. The minimum absolute atomic E-state index is 0.0168. The van der Waals surface area contributed by atoms with E-state index in [0.29, 0.717) is 29.0 Å². The predicted octanol–water partition coefficient (Wildman–Crippen LogP) is 7.96. The fourth-order valence-corrected chi connectivity index (χ4v) is 5.97. The molecule has 2 atom stereocenters. The molecule has 0 radical (unpaired) electrons. The summed E-state index contributed by atoms with van der Waals surface area (Å²) in [5, 5.41) is 39.5. The SMILES string of the molecule is CCCCCCCCS(=O)C(C)Cc1ccc2c(c1)OCO2.Cc1cc(C=S)c(O)cc1O.Cc1cc(C=S)c(O)cc1O. The van der Waals surface area contributed by atoms with Crippen LogP contribution in [0.15, 0.2) is 42.5 Å². The van der Waals surface area contributed by atoms with Crippen LogP contribution in [-0.2, 0) is 17.2 Å². The molecule has 1 heterocycles. The molecule has 3 aromatic carbocycles. The summed E-state index contributed by atoms with van der Waals surface area (Å²) in [5.41, 5.74) is 3.72. The quantitative estimate of drug-likeness (QED) is 0.113. The Bertz CT molecular complexity index is 1350. The zero-order chi connectivity index (χ0) is 32.6. The molecule has 7 nitrogen and oxygen atoms in total. The van der Waals surface area contributed by atoms with E-state index in [9.17, 15) is 4.21 Å². The van der Waals surface area contributed by atoms with Gasteiger partial charge in [0.2, 0.25) is 6.79 Å². The second-order valence-corrected chi connectivity index (χ2v) is 13.1. The lowest BCUT2D eigenvalue weighted by molar-refractivity contribution is 0.174. The van der Waals surface area contributed by atoms with Crippen molar-refractivity contribution in [2.24, 2.45) is 0 Å². The Hall–Kier alpha value is -3.21. The van der Waals surface area contributed by atoms with Crippen molar-refractivity contribution >= 4 is 46.0 Å². The van der Waals surface area contributed by atoms with Crippen molar-refractivity contribution in [3.63, 3.8) is 0 Å². The number of aromatic hydroxyl groups is 4. The zero-order valence-corrected chi connectivity index (χ0v) is 28.3. The number of thiocarbonyl (C=S) groups is 2. The Balaban J connectivity index is 0.000000257. The Morgan fingerprint density at radius 2 is 1.30 bits per heavy atom. The zero-order valence-electron chi connectivity index (χ0n) is 25.9. The summed E-state index contributed by atoms with van der Waals surface area (Å²) in [7, 11) is -0.743. The standard InChI is InChI=1S/C18H28O3S.2C8H8O2S/c1-3-4-5-6-7-8-11-22(19)15(2)12-16-9-10-17-18(13-16)21-14-20-17;2*1-5-2-6(4-11)8(10)3-7(5)9/h9-10,13,15H,3-8,11-12,14H2,1-2H3;2*2-4,9-10H,1H3. The molecule has 4 rings (SSSR count). The van der Waals surface area contributed by atoms with Gasteiger partial charge in [-0.3, -0.25) is 4.21 Å². The van der Waals surface area contributed by atoms with Crippen molar-refractivity contribution in [1.82, 2.24) is 0 Å². The van der Waals surface area contributed by atoms with E-state index < -0.39 is 10.8 Å². The van der Waals surface area contributed by atoms with Gasteiger partial charge in [0.15, 0.2) is 11.5 Å². The predicted molar refractivity (Wildman–Crippen MR) is 187 cm³/mol. The molecule has 2 unspecified atom stereocenters. The largest absolute Gasteiger partial charge is 0.508 e. The van der Waals surface area contributed by atoms with Crippen LogP contribution >= 0.6 is 24.4 Å². The van der Waals surface area contributed by atoms with Crippen LogP contribution in [0.3, 0.4) is 0 Å². The molecule has 4 N–H and O–H groups in total. The summed E-state index contributed by atoms with van der Waals surface area (Å²) in [6, 6.07) is 11.9. The summed E-state index contributed by atoms with van der Waals surface area (Å²) >= 11 is 9.28. The van der Waals surface area contributed by atoms with E-state index in [1.165, 1.54) is 60.5 Å². The maximum absolute atomic E-state index is 12.3. The van der Waals surface area contributed by atoms with E-state index in [-0.39, 0.29) is 28.2 Å². The summed E-state index contributed by atoms with van der Waals surface area (Å²) in [4.78, 5) is 0. The molecule has 0 aromatic heterocycles. The minimum atomic E-state index is -0.743. The topological polar surface area (TPSA) is 116 Å². The molecule has 0 saturated carbocycles. The first-order chi connectivity index (χ1) is 21.0. The summed E-state index contributed by atoms with van der Waals surface area (Å²) in [5.74, 6) is 2.66. The molecular weight excluding hydrogens is 617 g/mol. The van der Waals surface area contributed by atoms with E-state index in [2.05, 4.69) is 38.3 Å². The third kappa shape index (κ3) is 12.1. The van der Waals surface area contributed by atoms with Gasteiger partial charge >= 0.3 is 0 Å². The summed E-state index contributed by atoms with van der Waals surface area (Å²) in [6.07, 6.45) is 8.32. The molecule has 44 heavy (non-hydrogen) atoms. The Kier molecular flexibility index (Phi) is 16.2. The Labute approximate surface area is 274 Å². The van der Waals surface area contributed by atoms with Gasteiger partial charge in [-0.15, -0.1) is 0 Å². The van der Waals surface area contributed by atoms with Crippen LogP contribution in [0.5, 0.6) is 34.5 Å². The van der Waals surface area contributed by atoms with E-state index >= 15 is 0 Å². The van der Waals surface area contributed by atoms with Gasteiger partial charge < -0.3 is 29.9 Å². The van der Waals surface area contributed by atoms with Crippen molar-refractivity contribution in [2.45, 2.75) is 77.9 Å². The van der Waals surface area contributed by atoms with Crippen molar-refractivity contribution in [1.29, 1.82) is 0 Å². The number of aryl methyl sites for hydroxylation is 2. The van der Waals surface area contributed by atoms with Crippen molar-refractivity contribution in [3.8, 4) is 34.5 Å². The Morgan fingerprint density at radius 1 is 0.773 bits per heavy atom. The lowest BCUT2D eigenvalue weighted by Crippen LogP contribution is -2.16. The van der Waals surface area contributed by atoms with Gasteiger partial charge in [-0.05, 0) is 67.6 Å². The molecule has 0 spiro atoms. The maximum atomic E-state index is 12.3. The average molecular weight is 661 g/mol. The second-order valence-electron chi connectivity index (χ2n) is 10.7. The molecule has 1 aliphatic rings. The number of unbranched alkanes of at least 4 members (excludes halogenated alkanes) is 5. The molecule has 0 saturated heterocycles. The van der Waals surface area contributed by atoms with Crippen molar-refractivity contribution in [3.05, 3.63) is 70.3 Å². The van der Waals surface area contributed by atoms with Crippen molar-refractivity contribution < 1.29 is 34.1 Å². The molecule has 3 aromatic rings. The Morgan fingerprint density at radius 3 is 1.84 bits per heavy atom. The van der Waals surface area contributed by atoms with Gasteiger partial charge in [-0.25, -0.2) is 0 Å². The number of benzene rings is 3. The maximum Gasteiger partial charge on any atom is 0.231 e. The van der Waals surface area contributed by atoms with Crippen LogP contribution in [0.25, 0.3) is 0 Å². The van der Waals surface area contributed by atoms with Crippen LogP contribution in [0.2, 0.25) is 0 Å². The number of rotatable bonds is 12. The lowest BCUT2D eigenvalue weighted by Gasteiger charge is -2.12. The lowest BCUT2D eigenvalue weighted by atomic mass is 10.1. The van der Waals surface area contributed by atoms with Gasteiger partial charge in [-0.1, -0.05) is 76.5 Å². The van der Waals surface area contributed by atoms with Gasteiger partial charge in [0.05, 0.1) is 0 Å². The molecule has 0 amide bonds. The van der Waals surface area contributed by atoms with E-state index in [1.807, 2.05) is 18.2 Å². The van der Waals surface area contributed by atoms with Crippen LogP contribution in [-0.4, -0.2) is 53.2 Å². The highest BCUT2D eigenvalue weighted by Gasteiger charge is 2.16. The van der Waals surface area contributed by atoms with Gasteiger partial charge in [0, 0.05) is 55.8 Å². The number of phenols is 4. The third-order valence-corrected chi connectivity index (χ3v) is 9.32. The molecule has 10 heteroatoms. The van der Waals surface area contributed by atoms with Crippen LogP contribution in [0.1, 0.15) is 80.2 Å². The van der Waals surface area contributed by atoms with Crippen LogP contribution in [0, 0.1) is 13.8 Å². The molecule has 0 fully saturated rings. The summed E-state index contributed by atoms with van der Waals surface area (Å²) < 4.78 is 23.0. The van der Waals surface area contributed by atoms with Gasteiger partial charge in [-0.2, -0.15) is 0 Å². The smallest absolute Gasteiger partial charge is 0.231 e. The number of ether oxygens (including phenoxy) is 2. The van der Waals surface area contributed by atoms with Crippen LogP contribution in [0.4, 0.5) is 0 Å². The minimum Gasteiger partial charge on any atom is -0.508 e. The number of fused-ring (bicyclic) bond motifs is 1. The van der Waals surface area contributed by atoms with E-state index in [0.717, 1.165) is 30.1 Å². The monoisotopic (exact) mass is 660 g/mol. The molecular formula is C34H44O7S3. The van der Waals surface area contributed by atoms with Gasteiger partial charge in [0.1, 0.15) is 23.0 Å². The number of hydrogen-bond acceptors (Lipinski definition) is 9. The second kappa shape index (κ2) is 19.2. The number of phenolic OH excluding ortho intramolecular Hbond substituents is 4. The fraction of sp³-hybridized carbons (Fsp3) is 0.412. The molecule has 1 aliphatic heterocycles. The highest BCUT2D eigenvalue weighted by molar-refractivity contribution is 7.85. The highest BCUT2D eigenvalue weighted by Crippen LogP contribution is 2.33. The first kappa shape index (κ1) is 37.0. The molecule has 0 bridgehead atoms. The highest BCUT2D eigenvalue weighted by atomic mass is 32.2. The van der Waals surface area contributed by atoms with Crippen molar-refractivity contribution in [2.75, 3.05) is 12.5 Å². The molecule has 0 aliphatic carbocycles. The van der Waals surface area contributed by atoms with E-state index in [4.69, 9.17) is 29.9 Å². The van der Waals surface area contributed by atoms with E-state index in [1.54, 1.807) is 26.0 Å². The first-order valence-corrected chi connectivity index (χ1v) is 17.0. The third-order valence-electron chi connectivity index (χ3n) is 7.05. The van der Waals surface area contributed by atoms with Gasteiger partial charge in [0.25, 0.3) is 0 Å². The normalized spacial score (nSPS) is 12.6. The number of hydrogen-bond donors (Lipinski definition) is 4. The first-order valence-electron chi connectivity index (χ1n) is 14.7. The van der Waals surface area contributed by atoms with Crippen LogP contribution < -0.4 is 9.47 Å².